The molecule has 0 aromatic rings. The topological polar surface area (TPSA) is 49.4 Å². The molecule has 106 valence electrons. The molecule has 1 saturated carbocycles. The summed E-state index contributed by atoms with van der Waals surface area (Å²) in [5, 5.41) is 2.78. The number of carbonyl (C=O) groups is 2. The van der Waals surface area contributed by atoms with Crippen molar-refractivity contribution in [2.75, 3.05) is 20.1 Å². The zero-order chi connectivity index (χ0) is 14.0. The second-order valence-electron chi connectivity index (χ2n) is 6.15. The van der Waals surface area contributed by atoms with Gasteiger partial charge in [0.1, 0.15) is 0 Å². The molecule has 2 amide bonds. The molecule has 4 heteroatoms. The third kappa shape index (κ3) is 2.67. The molecule has 2 atom stereocenters. The van der Waals surface area contributed by atoms with Crippen LogP contribution in [0.2, 0.25) is 0 Å². The van der Waals surface area contributed by atoms with E-state index < -0.39 is 0 Å². The normalized spacial score (nSPS) is 29.6. The number of allylic oxidation sites excluding steroid dienone is 1. The van der Waals surface area contributed by atoms with E-state index in [-0.39, 0.29) is 23.1 Å². The van der Waals surface area contributed by atoms with E-state index >= 15 is 0 Å². The number of hydrogen-bond donors (Lipinski definition) is 1. The largest absolute Gasteiger partial charge is 0.359 e. The van der Waals surface area contributed by atoms with Crippen molar-refractivity contribution in [1.82, 2.24) is 10.2 Å². The first-order valence-electron chi connectivity index (χ1n) is 7.14. The molecule has 19 heavy (non-hydrogen) atoms. The summed E-state index contributed by atoms with van der Waals surface area (Å²) in [6.45, 7) is 5.41. The first kappa shape index (κ1) is 14.1. The Morgan fingerprint density at radius 1 is 1.32 bits per heavy atom. The van der Waals surface area contributed by atoms with E-state index in [9.17, 15) is 9.59 Å². The van der Waals surface area contributed by atoms with Gasteiger partial charge in [-0.25, -0.2) is 0 Å². The van der Waals surface area contributed by atoms with Gasteiger partial charge in [0, 0.05) is 37.5 Å². The van der Waals surface area contributed by atoms with Crippen molar-refractivity contribution in [2.45, 2.75) is 39.5 Å². The highest BCUT2D eigenvalue weighted by Gasteiger charge is 2.50. The van der Waals surface area contributed by atoms with Gasteiger partial charge in [-0.1, -0.05) is 12.0 Å². The molecular weight excluding hydrogens is 240 g/mol. The molecule has 1 saturated heterocycles. The van der Waals surface area contributed by atoms with E-state index in [1.165, 1.54) is 0 Å². The van der Waals surface area contributed by atoms with Gasteiger partial charge in [0.2, 0.25) is 11.8 Å². The lowest BCUT2D eigenvalue weighted by Gasteiger charge is -2.30. The summed E-state index contributed by atoms with van der Waals surface area (Å²) in [5.74, 6) is 0.329. The first-order valence-corrected chi connectivity index (χ1v) is 7.14. The van der Waals surface area contributed by atoms with Gasteiger partial charge in [0.25, 0.3) is 0 Å². The molecule has 0 aromatic carbocycles. The Morgan fingerprint density at radius 3 is 2.68 bits per heavy atom. The zero-order valence-corrected chi connectivity index (χ0v) is 12.2. The number of nitrogens with one attached hydrogen (secondary N) is 1. The Labute approximate surface area is 115 Å². The first-order chi connectivity index (χ1) is 8.98. The lowest BCUT2D eigenvalue weighted by atomic mass is 9.76. The van der Waals surface area contributed by atoms with Crippen LogP contribution in [0.4, 0.5) is 0 Å². The van der Waals surface area contributed by atoms with Gasteiger partial charge in [-0.2, -0.15) is 0 Å². The van der Waals surface area contributed by atoms with Crippen molar-refractivity contribution in [1.29, 1.82) is 0 Å². The van der Waals surface area contributed by atoms with Gasteiger partial charge in [-0.3, -0.25) is 9.59 Å². The number of rotatable bonds is 2. The molecule has 1 N–H and O–H groups in total. The molecule has 0 aromatic heterocycles. The standard InChI is InChI=1S/C15H24N2O2/c1-11(2)9-13(18)17-8-7-15(10-17)6-4-5-12(15)14(19)16-3/h9,12H,4-8,10H2,1-3H3,(H,16,19)/t12-,15-/m0/s1. The number of nitrogens with zero attached hydrogens (tertiary/aromatic N) is 1. The minimum absolute atomic E-state index is 0.0330. The maximum absolute atomic E-state index is 12.1. The third-order valence-electron chi connectivity index (χ3n) is 4.58. The van der Waals surface area contributed by atoms with E-state index in [0.717, 1.165) is 44.3 Å². The van der Waals surface area contributed by atoms with Crippen molar-refractivity contribution in [3.63, 3.8) is 0 Å². The van der Waals surface area contributed by atoms with Crippen molar-refractivity contribution in [3.05, 3.63) is 11.6 Å². The van der Waals surface area contributed by atoms with Crippen LogP contribution in [0.3, 0.4) is 0 Å². The molecule has 0 unspecified atom stereocenters. The molecule has 1 spiro atoms. The lowest BCUT2D eigenvalue weighted by Crippen LogP contribution is -2.40. The molecular formula is C15H24N2O2. The molecule has 1 aliphatic heterocycles. The molecule has 1 heterocycles. The lowest BCUT2D eigenvalue weighted by molar-refractivity contribution is -0.129. The van der Waals surface area contributed by atoms with Gasteiger partial charge in [-0.15, -0.1) is 0 Å². The van der Waals surface area contributed by atoms with E-state index in [1.807, 2.05) is 18.7 Å². The van der Waals surface area contributed by atoms with Gasteiger partial charge in [-0.05, 0) is 33.1 Å². The third-order valence-corrected chi connectivity index (χ3v) is 4.58. The van der Waals surface area contributed by atoms with E-state index in [0.29, 0.717) is 0 Å². The Kier molecular flexibility index (Phi) is 3.97. The monoisotopic (exact) mass is 264 g/mol. The van der Waals surface area contributed by atoms with Crippen LogP contribution in [-0.2, 0) is 9.59 Å². The van der Waals surface area contributed by atoms with E-state index in [2.05, 4.69) is 5.32 Å². The fourth-order valence-corrected chi connectivity index (χ4v) is 3.63. The number of amides is 2. The van der Waals surface area contributed by atoms with Crippen molar-refractivity contribution < 1.29 is 9.59 Å². The molecule has 0 radical (unpaired) electrons. The number of hydrogen-bond acceptors (Lipinski definition) is 2. The summed E-state index contributed by atoms with van der Waals surface area (Å²) in [5.41, 5.74) is 1.06. The maximum atomic E-state index is 12.1. The van der Waals surface area contributed by atoms with Crippen molar-refractivity contribution in [2.24, 2.45) is 11.3 Å². The van der Waals surface area contributed by atoms with Crippen LogP contribution in [0.15, 0.2) is 11.6 Å². The Bertz CT molecular complexity index is 412. The van der Waals surface area contributed by atoms with E-state index in [1.54, 1.807) is 13.1 Å². The summed E-state index contributed by atoms with van der Waals surface area (Å²) >= 11 is 0. The predicted octanol–water partition coefficient (Wildman–Crippen LogP) is 1.72. The molecule has 1 aliphatic carbocycles. The SMILES string of the molecule is CNC(=O)[C@@H]1CCC[C@@]12CCN(C(=O)C=C(C)C)C2. The average Bonchev–Trinajstić information content (AvgIpc) is 2.96. The van der Waals surface area contributed by atoms with Crippen LogP contribution >= 0.6 is 0 Å². The summed E-state index contributed by atoms with van der Waals surface area (Å²) in [4.78, 5) is 26.0. The Hall–Kier alpha value is -1.32. The summed E-state index contributed by atoms with van der Waals surface area (Å²) in [6, 6.07) is 0. The Morgan fingerprint density at radius 2 is 2.05 bits per heavy atom. The van der Waals surface area contributed by atoms with Crippen LogP contribution in [-0.4, -0.2) is 36.9 Å². The van der Waals surface area contributed by atoms with Crippen molar-refractivity contribution >= 4 is 11.8 Å². The van der Waals surface area contributed by atoms with Crippen LogP contribution in [0.1, 0.15) is 39.5 Å². The van der Waals surface area contributed by atoms with Crippen LogP contribution in [0.25, 0.3) is 0 Å². The fraction of sp³-hybridized carbons (Fsp3) is 0.733. The second kappa shape index (κ2) is 5.35. The second-order valence-corrected chi connectivity index (χ2v) is 6.15. The van der Waals surface area contributed by atoms with Crippen LogP contribution in [0.5, 0.6) is 0 Å². The molecule has 4 nitrogen and oxygen atoms in total. The van der Waals surface area contributed by atoms with Crippen molar-refractivity contribution in [3.8, 4) is 0 Å². The predicted molar refractivity (Wildman–Crippen MR) is 74.5 cm³/mol. The summed E-state index contributed by atoms with van der Waals surface area (Å²) in [7, 11) is 1.70. The summed E-state index contributed by atoms with van der Waals surface area (Å²) in [6.07, 6.45) is 5.80. The van der Waals surface area contributed by atoms with Crippen LogP contribution in [0, 0.1) is 11.3 Å². The average molecular weight is 264 g/mol. The Balaban J connectivity index is 2.10. The zero-order valence-electron chi connectivity index (χ0n) is 12.2. The minimum Gasteiger partial charge on any atom is -0.359 e. The molecule has 2 fully saturated rings. The molecule has 2 rings (SSSR count). The van der Waals surface area contributed by atoms with Gasteiger partial charge in [0.15, 0.2) is 0 Å². The smallest absolute Gasteiger partial charge is 0.246 e. The maximum Gasteiger partial charge on any atom is 0.246 e. The minimum atomic E-state index is 0.0330. The number of likely N-dealkylation sites (tertiary alicyclic amines) is 1. The van der Waals surface area contributed by atoms with Crippen LogP contribution < -0.4 is 5.32 Å². The molecule has 0 bridgehead atoms. The molecule has 2 aliphatic rings. The summed E-state index contributed by atoms with van der Waals surface area (Å²) < 4.78 is 0. The highest BCUT2D eigenvalue weighted by molar-refractivity contribution is 5.88. The highest BCUT2D eigenvalue weighted by Crippen LogP contribution is 2.49. The van der Waals surface area contributed by atoms with Gasteiger partial charge < -0.3 is 10.2 Å². The highest BCUT2D eigenvalue weighted by atomic mass is 16.2. The fourth-order valence-electron chi connectivity index (χ4n) is 3.63. The quantitative estimate of drug-likeness (QED) is 0.772. The van der Waals surface area contributed by atoms with E-state index in [4.69, 9.17) is 0 Å². The number of carbonyl (C=O) groups excluding carboxylic acids is 2. The van der Waals surface area contributed by atoms with Gasteiger partial charge >= 0.3 is 0 Å². The van der Waals surface area contributed by atoms with Gasteiger partial charge in [0.05, 0.1) is 0 Å².